The van der Waals surface area contributed by atoms with Crippen molar-refractivity contribution in [1.82, 2.24) is 15.1 Å². The molecule has 2 fully saturated rings. The Labute approximate surface area is 160 Å². The summed E-state index contributed by atoms with van der Waals surface area (Å²) in [6.45, 7) is 7.62. The van der Waals surface area contributed by atoms with Crippen LogP contribution in [0, 0.1) is 11.8 Å². The fourth-order valence-electron chi connectivity index (χ4n) is 4.49. The number of ether oxygens (including phenoxy) is 2. The summed E-state index contributed by atoms with van der Waals surface area (Å²) in [6, 6.07) is 0. The highest BCUT2D eigenvalue weighted by molar-refractivity contribution is 5.80. The molecule has 0 radical (unpaired) electrons. The van der Waals surface area contributed by atoms with Crippen LogP contribution in [0.4, 0.5) is 0 Å². The predicted octanol–water partition coefficient (Wildman–Crippen LogP) is 2.06. The second kappa shape index (κ2) is 10.5. The average Bonchev–Trinajstić information content (AvgIpc) is 3.08. The molecule has 1 saturated carbocycles. The molecule has 3 atom stereocenters. The summed E-state index contributed by atoms with van der Waals surface area (Å²) >= 11 is 0. The van der Waals surface area contributed by atoms with E-state index in [0.717, 1.165) is 38.1 Å². The van der Waals surface area contributed by atoms with Crippen molar-refractivity contribution in [2.24, 2.45) is 16.8 Å². The smallest absolute Gasteiger partial charge is 0.193 e. The summed E-state index contributed by atoms with van der Waals surface area (Å²) in [5.41, 5.74) is 0.246. The second-order valence-corrected chi connectivity index (χ2v) is 8.39. The number of likely N-dealkylation sites (tertiary alicyclic amines) is 1. The lowest BCUT2D eigenvalue weighted by molar-refractivity contribution is 0.0535. The third-order valence-corrected chi connectivity index (χ3v) is 6.17. The van der Waals surface area contributed by atoms with Gasteiger partial charge in [-0.3, -0.25) is 4.99 Å². The molecule has 0 spiro atoms. The van der Waals surface area contributed by atoms with Gasteiger partial charge in [0, 0.05) is 45.2 Å². The molecule has 1 heterocycles. The molecule has 3 unspecified atom stereocenters. The lowest BCUT2D eigenvalue weighted by Gasteiger charge is -2.45. The van der Waals surface area contributed by atoms with Crippen molar-refractivity contribution < 1.29 is 9.47 Å². The SMILES string of the molecule is CN=C(NCC1(N(C)C)CCCC(C)C1)N1CCC(COCCOC)C1. The van der Waals surface area contributed by atoms with Crippen molar-refractivity contribution in [3.05, 3.63) is 0 Å². The van der Waals surface area contributed by atoms with Gasteiger partial charge in [0.25, 0.3) is 0 Å². The van der Waals surface area contributed by atoms with E-state index in [1.165, 1.54) is 32.1 Å². The molecule has 0 aromatic carbocycles. The third kappa shape index (κ3) is 5.83. The van der Waals surface area contributed by atoms with E-state index in [9.17, 15) is 0 Å². The zero-order valence-electron chi connectivity index (χ0n) is 17.6. The van der Waals surface area contributed by atoms with Crippen molar-refractivity contribution in [2.45, 2.75) is 44.6 Å². The van der Waals surface area contributed by atoms with Crippen molar-refractivity contribution >= 4 is 5.96 Å². The minimum Gasteiger partial charge on any atom is -0.382 e. The van der Waals surface area contributed by atoms with Crippen LogP contribution in [0.2, 0.25) is 0 Å². The van der Waals surface area contributed by atoms with Crippen LogP contribution in [0.3, 0.4) is 0 Å². The minimum atomic E-state index is 0.246. The van der Waals surface area contributed by atoms with Gasteiger partial charge in [-0.15, -0.1) is 0 Å². The molecule has 6 heteroatoms. The molecule has 6 nitrogen and oxygen atoms in total. The lowest BCUT2D eigenvalue weighted by Crippen LogP contribution is -2.56. The molecule has 0 aromatic heterocycles. The summed E-state index contributed by atoms with van der Waals surface area (Å²) in [4.78, 5) is 9.38. The van der Waals surface area contributed by atoms with E-state index in [2.05, 4.69) is 41.1 Å². The van der Waals surface area contributed by atoms with E-state index in [0.29, 0.717) is 19.1 Å². The van der Waals surface area contributed by atoms with Gasteiger partial charge in [0.1, 0.15) is 0 Å². The normalized spacial score (nSPS) is 30.2. The molecule has 0 bridgehead atoms. The molecule has 152 valence electrons. The van der Waals surface area contributed by atoms with Crippen LogP contribution >= 0.6 is 0 Å². The molecular weight excluding hydrogens is 328 g/mol. The van der Waals surface area contributed by atoms with Gasteiger partial charge in [-0.25, -0.2) is 0 Å². The van der Waals surface area contributed by atoms with E-state index in [4.69, 9.17) is 9.47 Å². The Bertz CT molecular complexity index is 444. The predicted molar refractivity (Wildman–Crippen MR) is 108 cm³/mol. The average molecular weight is 369 g/mol. The Balaban J connectivity index is 1.83. The van der Waals surface area contributed by atoms with Gasteiger partial charge in [0.2, 0.25) is 0 Å². The summed E-state index contributed by atoms with van der Waals surface area (Å²) < 4.78 is 10.8. The van der Waals surface area contributed by atoms with Gasteiger partial charge < -0.3 is 24.6 Å². The second-order valence-electron chi connectivity index (χ2n) is 8.39. The first-order valence-electron chi connectivity index (χ1n) is 10.2. The largest absolute Gasteiger partial charge is 0.382 e. The lowest BCUT2D eigenvalue weighted by atomic mass is 9.75. The van der Waals surface area contributed by atoms with Crippen molar-refractivity contribution in [2.75, 3.05) is 67.7 Å². The molecule has 2 rings (SSSR count). The topological polar surface area (TPSA) is 49.3 Å². The number of nitrogens with zero attached hydrogens (tertiary/aromatic N) is 3. The van der Waals surface area contributed by atoms with Crippen LogP contribution in [-0.4, -0.2) is 89.0 Å². The Kier molecular flexibility index (Phi) is 8.64. The number of hydrogen-bond acceptors (Lipinski definition) is 4. The van der Waals surface area contributed by atoms with Crippen molar-refractivity contribution in [3.63, 3.8) is 0 Å². The Morgan fingerprint density at radius 1 is 1.31 bits per heavy atom. The number of likely N-dealkylation sites (N-methyl/N-ethyl adjacent to an activating group) is 1. The molecule has 0 aromatic rings. The van der Waals surface area contributed by atoms with Crippen LogP contribution in [-0.2, 0) is 9.47 Å². The van der Waals surface area contributed by atoms with Gasteiger partial charge in [0.05, 0.1) is 19.8 Å². The van der Waals surface area contributed by atoms with Crippen LogP contribution < -0.4 is 5.32 Å². The van der Waals surface area contributed by atoms with E-state index >= 15 is 0 Å². The van der Waals surface area contributed by atoms with Crippen LogP contribution in [0.1, 0.15) is 39.0 Å². The zero-order valence-corrected chi connectivity index (χ0v) is 17.6. The van der Waals surface area contributed by atoms with Gasteiger partial charge in [-0.05, 0) is 39.3 Å². The Morgan fingerprint density at radius 2 is 2.12 bits per heavy atom. The summed E-state index contributed by atoms with van der Waals surface area (Å²) in [7, 11) is 8.07. The quantitative estimate of drug-likeness (QED) is 0.404. The highest BCUT2D eigenvalue weighted by atomic mass is 16.5. The van der Waals surface area contributed by atoms with Crippen molar-refractivity contribution in [3.8, 4) is 0 Å². The Morgan fingerprint density at radius 3 is 2.77 bits per heavy atom. The first-order valence-corrected chi connectivity index (χ1v) is 10.2. The monoisotopic (exact) mass is 368 g/mol. The van der Waals surface area contributed by atoms with Crippen molar-refractivity contribution in [1.29, 1.82) is 0 Å². The molecule has 1 aliphatic heterocycles. The first-order chi connectivity index (χ1) is 12.5. The number of rotatable bonds is 8. The van der Waals surface area contributed by atoms with Gasteiger partial charge in [-0.1, -0.05) is 19.8 Å². The molecule has 1 N–H and O–H groups in total. The zero-order chi connectivity index (χ0) is 19.0. The standard InChI is InChI=1S/C20H40N4O2/c1-17-7-6-9-20(13-17,23(3)4)16-22-19(21-2)24-10-8-18(14-24)15-26-12-11-25-5/h17-18H,6-16H2,1-5H3,(H,21,22). The number of methoxy groups -OCH3 is 1. The van der Waals surface area contributed by atoms with Gasteiger partial charge in [0.15, 0.2) is 5.96 Å². The maximum absolute atomic E-state index is 5.72. The molecule has 26 heavy (non-hydrogen) atoms. The number of guanidine groups is 1. The molecule has 0 amide bonds. The summed E-state index contributed by atoms with van der Waals surface area (Å²) in [5, 5.41) is 3.69. The Hall–Kier alpha value is -0.850. The fourth-order valence-corrected chi connectivity index (χ4v) is 4.49. The van der Waals surface area contributed by atoms with E-state index in [1.54, 1.807) is 7.11 Å². The van der Waals surface area contributed by atoms with Crippen LogP contribution in [0.25, 0.3) is 0 Å². The van der Waals surface area contributed by atoms with E-state index < -0.39 is 0 Å². The molecule has 1 aliphatic carbocycles. The maximum atomic E-state index is 5.72. The molecule has 1 saturated heterocycles. The van der Waals surface area contributed by atoms with Crippen LogP contribution in [0.15, 0.2) is 4.99 Å². The molecule has 2 aliphatic rings. The highest BCUT2D eigenvalue weighted by Crippen LogP contribution is 2.35. The van der Waals surface area contributed by atoms with Gasteiger partial charge in [-0.2, -0.15) is 0 Å². The van der Waals surface area contributed by atoms with E-state index in [-0.39, 0.29) is 5.54 Å². The number of nitrogens with one attached hydrogen (secondary N) is 1. The third-order valence-electron chi connectivity index (χ3n) is 6.17. The highest BCUT2D eigenvalue weighted by Gasteiger charge is 2.37. The first kappa shape index (κ1) is 21.5. The fraction of sp³-hybridized carbons (Fsp3) is 0.950. The number of hydrogen-bond donors (Lipinski definition) is 1. The number of aliphatic imine (C=N–C) groups is 1. The summed E-state index contributed by atoms with van der Waals surface area (Å²) in [5.74, 6) is 2.43. The summed E-state index contributed by atoms with van der Waals surface area (Å²) in [6.07, 6.45) is 6.39. The maximum Gasteiger partial charge on any atom is 0.193 e. The molecular formula is C20H40N4O2. The van der Waals surface area contributed by atoms with Crippen LogP contribution in [0.5, 0.6) is 0 Å². The van der Waals surface area contributed by atoms with Gasteiger partial charge >= 0.3 is 0 Å². The minimum absolute atomic E-state index is 0.246. The van der Waals surface area contributed by atoms with E-state index in [1.807, 2.05) is 7.05 Å².